The van der Waals surface area contributed by atoms with Gasteiger partial charge in [-0.25, -0.2) is 5.10 Å². The number of nitrogens with two attached hydrogens (primary N) is 1. The zero-order valence-corrected chi connectivity index (χ0v) is 19.3. The molecule has 36 heavy (non-hydrogen) atoms. The van der Waals surface area contributed by atoms with E-state index in [1.54, 1.807) is 48.5 Å². The zero-order chi connectivity index (χ0) is 25.7. The molecular formula is C24H24F2N6O4. The maximum absolute atomic E-state index is 12.4. The SMILES string of the molecule is CCCC(CC(N)=O)(Nc1n[nH]c(=O)c2ccccc12)c1nc(-c2cccc(COC(F)F)c2)no1. The van der Waals surface area contributed by atoms with E-state index >= 15 is 0 Å². The normalized spacial score (nSPS) is 13.1. The number of anilines is 1. The number of rotatable bonds is 11. The molecule has 0 spiro atoms. The number of hydrogen-bond acceptors (Lipinski definition) is 8. The molecule has 12 heteroatoms. The van der Waals surface area contributed by atoms with Crippen molar-refractivity contribution in [3.63, 3.8) is 0 Å². The van der Waals surface area contributed by atoms with Gasteiger partial charge in [-0.15, -0.1) is 0 Å². The van der Waals surface area contributed by atoms with Crippen LogP contribution in [0.2, 0.25) is 0 Å². The van der Waals surface area contributed by atoms with Gasteiger partial charge < -0.3 is 20.3 Å². The summed E-state index contributed by atoms with van der Waals surface area (Å²) in [6.07, 6.45) is 0.786. The average Bonchev–Trinajstić information content (AvgIpc) is 3.36. The van der Waals surface area contributed by atoms with Crippen molar-refractivity contribution in [1.29, 1.82) is 0 Å². The van der Waals surface area contributed by atoms with Gasteiger partial charge in [-0.1, -0.05) is 54.9 Å². The predicted molar refractivity (Wildman–Crippen MR) is 127 cm³/mol. The topological polar surface area (TPSA) is 149 Å². The van der Waals surface area contributed by atoms with E-state index in [9.17, 15) is 18.4 Å². The van der Waals surface area contributed by atoms with Crippen LogP contribution in [-0.2, 0) is 21.7 Å². The molecule has 1 unspecified atom stereocenters. The lowest BCUT2D eigenvalue weighted by Gasteiger charge is -2.30. The van der Waals surface area contributed by atoms with E-state index in [1.165, 1.54) is 0 Å². The predicted octanol–water partition coefficient (Wildman–Crippen LogP) is 3.70. The number of aromatic amines is 1. The van der Waals surface area contributed by atoms with Gasteiger partial charge in [-0.05, 0) is 24.1 Å². The molecular weight excluding hydrogens is 474 g/mol. The highest BCUT2D eigenvalue weighted by Crippen LogP contribution is 2.35. The van der Waals surface area contributed by atoms with Crippen molar-refractivity contribution < 1.29 is 22.8 Å². The smallest absolute Gasteiger partial charge is 0.345 e. The van der Waals surface area contributed by atoms with Gasteiger partial charge in [0.05, 0.1) is 18.4 Å². The molecule has 0 aliphatic heterocycles. The van der Waals surface area contributed by atoms with Crippen LogP contribution < -0.4 is 16.6 Å². The van der Waals surface area contributed by atoms with Crippen LogP contribution in [0.3, 0.4) is 0 Å². The van der Waals surface area contributed by atoms with Crippen LogP contribution in [0.15, 0.2) is 57.8 Å². The number of alkyl halides is 2. The van der Waals surface area contributed by atoms with E-state index in [1.807, 2.05) is 6.92 Å². The third kappa shape index (κ3) is 5.38. The van der Waals surface area contributed by atoms with Gasteiger partial charge >= 0.3 is 6.61 Å². The number of nitrogens with one attached hydrogen (secondary N) is 2. The summed E-state index contributed by atoms with van der Waals surface area (Å²) in [5, 5.41) is 14.8. The van der Waals surface area contributed by atoms with Gasteiger partial charge in [0.1, 0.15) is 5.54 Å². The second kappa shape index (κ2) is 10.6. The van der Waals surface area contributed by atoms with E-state index in [0.717, 1.165) is 0 Å². The molecule has 2 aromatic carbocycles. The first-order chi connectivity index (χ1) is 17.3. The molecule has 0 aliphatic rings. The van der Waals surface area contributed by atoms with Gasteiger partial charge in [0.15, 0.2) is 5.82 Å². The molecule has 0 fully saturated rings. The average molecular weight is 498 g/mol. The van der Waals surface area contributed by atoms with E-state index in [4.69, 9.17) is 10.3 Å². The summed E-state index contributed by atoms with van der Waals surface area (Å²) in [6, 6.07) is 13.5. The van der Waals surface area contributed by atoms with E-state index in [2.05, 4.69) is 30.4 Å². The van der Waals surface area contributed by atoms with Crippen LogP contribution in [-0.4, -0.2) is 32.9 Å². The van der Waals surface area contributed by atoms with Gasteiger partial charge in [0.25, 0.3) is 11.4 Å². The molecule has 4 aromatic rings. The van der Waals surface area contributed by atoms with E-state index in [-0.39, 0.29) is 30.3 Å². The highest BCUT2D eigenvalue weighted by Gasteiger charge is 2.40. The fourth-order valence-electron chi connectivity index (χ4n) is 4.09. The monoisotopic (exact) mass is 498 g/mol. The molecule has 0 aliphatic carbocycles. The second-order valence-corrected chi connectivity index (χ2v) is 8.24. The summed E-state index contributed by atoms with van der Waals surface area (Å²) >= 11 is 0. The maximum Gasteiger partial charge on any atom is 0.345 e. The third-order valence-electron chi connectivity index (χ3n) is 5.60. The number of benzene rings is 2. The number of halogens is 2. The van der Waals surface area contributed by atoms with Crippen molar-refractivity contribution in [2.45, 2.75) is 44.9 Å². The Morgan fingerprint density at radius 2 is 2.00 bits per heavy atom. The first kappa shape index (κ1) is 24.9. The number of amides is 1. The van der Waals surface area contributed by atoms with Gasteiger partial charge in [-0.2, -0.15) is 18.9 Å². The first-order valence-electron chi connectivity index (χ1n) is 11.2. The molecule has 4 rings (SSSR count). The molecule has 1 atom stereocenters. The number of H-pyrrole nitrogens is 1. The summed E-state index contributed by atoms with van der Waals surface area (Å²) < 4.78 is 34.8. The molecule has 2 aromatic heterocycles. The zero-order valence-electron chi connectivity index (χ0n) is 19.3. The number of fused-ring (bicyclic) bond motifs is 1. The molecule has 0 saturated heterocycles. The van der Waals surface area contributed by atoms with Crippen LogP contribution in [0.5, 0.6) is 0 Å². The number of nitrogens with zero attached hydrogens (tertiary/aromatic N) is 3. The summed E-state index contributed by atoms with van der Waals surface area (Å²) in [5.41, 5.74) is 5.04. The highest BCUT2D eigenvalue weighted by molar-refractivity contribution is 5.91. The molecule has 0 saturated carbocycles. The Balaban J connectivity index is 1.75. The largest absolute Gasteiger partial charge is 0.370 e. The van der Waals surface area contributed by atoms with Crippen LogP contribution in [0.4, 0.5) is 14.6 Å². The van der Waals surface area contributed by atoms with E-state index < -0.39 is 18.1 Å². The van der Waals surface area contributed by atoms with Crippen LogP contribution >= 0.6 is 0 Å². The number of carbonyl (C=O) groups is 1. The Bertz CT molecular complexity index is 1420. The Kier molecular flexibility index (Phi) is 7.34. The Morgan fingerprint density at radius 1 is 1.22 bits per heavy atom. The minimum absolute atomic E-state index is 0.0875. The lowest BCUT2D eigenvalue weighted by atomic mass is 9.88. The third-order valence-corrected chi connectivity index (χ3v) is 5.60. The van der Waals surface area contributed by atoms with Crippen molar-refractivity contribution in [3.8, 4) is 11.4 Å². The number of ether oxygens (including phenoxy) is 1. The van der Waals surface area contributed by atoms with Crippen molar-refractivity contribution in [2.75, 3.05) is 5.32 Å². The standard InChI is InChI=1S/C24H24F2N6O4/c1-2-10-24(12-18(27)33,29-20-16-8-3-4-9-17(16)21(34)31-30-20)22-28-19(32-36-22)15-7-5-6-14(11-15)13-35-23(25)26/h3-9,11,23H,2,10,12-13H2,1H3,(H2,27,33)(H,29,30)(H,31,34). The molecule has 1 amide bonds. The summed E-state index contributed by atoms with van der Waals surface area (Å²) in [6.45, 7) is -1.26. The van der Waals surface area contributed by atoms with Gasteiger partial charge in [-0.3, -0.25) is 9.59 Å². The van der Waals surface area contributed by atoms with Crippen molar-refractivity contribution in [2.24, 2.45) is 5.73 Å². The lowest BCUT2D eigenvalue weighted by molar-refractivity contribution is -0.137. The lowest BCUT2D eigenvalue weighted by Crippen LogP contribution is -2.40. The Labute approximate surface area is 203 Å². The summed E-state index contributed by atoms with van der Waals surface area (Å²) in [5.74, 6) is -0.0271. The Morgan fingerprint density at radius 3 is 2.72 bits per heavy atom. The minimum Gasteiger partial charge on any atom is -0.370 e. The van der Waals surface area contributed by atoms with Gasteiger partial charge in [0, 0.05) is 10.9 Å². The van der Waals surface area contributed by atoms with Crippen LogP contribution in [0, 0.1) is 0 Å². The van der Waals surface area contributed by atoms with Crippen molar-refractivity contribution >= 4 is 22.5 Å². The van der Waals surface area contributed by atoms with Gasteiger partial charge in [0.2, 0.25) is 11.7 Å². The molecule has 188 valence electrons. The molecule has 2 heterocycles. The van der Waals surface area contributed by atoms with Crippen molar-refractivity contribution in [3.05, 3.63) is 70.3 Å². The number of aromatic nitrogens is 4. The number of hydrogen-bond donors (Lipinski definition) is 3. The van der Waals surface area contributed by atoms with Crippen LogP contribution in [0.25, 0.3) is 22.2 Å². The van der Waals surface area contributed by atoms with Crippen LogP contribution in [0.1, 0.15) is 37.6 Å². The summed E-state index contributed by atoms with van der Waals surface area (Å²) in [4.78, 5) is 28.9. The maximum atomic E-state index is 12.4. The van der Waals surface area contributed by atoms with Crippen molar-refractivity contribution in [1.82, 2.24) is 20.3 Å². The first-order valence-corrected chi connectivity index (χ1v) is 11.2. The Hall–Kier alpha value is -4.19. The molecule has 0 bridgehead atoms. The fraction of sp³-hybridized carbons (Fsp3) is 0.292. The molecule has 4 N–H and O–H groups in total. The quantitative estimate of drug-likeness (QED) is 0.283. The number of carbonyl (C=O) groups excluding carboxylic acids is 1. The second-order valence-electron chi connectivity index (χ2n) is 8.24. The molecule has 0 radical (unpaired) electrons. The fourth-order valence-corrected chi connectivity index (χ4v) is 4.09. The highest BCUT2D eigenvalue weighted by atomic mass is 19.3. The van der Waals surface area contributed by atoms with E-state index in [0.29, 0.717) is 40.6 Å². The number of primary amides is 1. The molecule has 10 nitrogen and oxygen atoms in total. The minimum atomic E-state index is -2.89. The summed E-state index contributed by atoms with van der Waals surface area (Å²) in [7, 11) is 0.